The van der Waals surface area contributed by atoms with Crippen LogP contribution in [0.25, 0.3) is 0 Å². The van der Waals surface area contributed by atoms with E-state index in [-0.39, 0.29) is 17.7 Å². The number of carbonyl (C=O) groups is 2. The SMILES string of the molecule is COc1ccc(CNC(=O)C2CCc3sc(C(=O)N4CCOCC4)cc3C2)cc1. The van der Waals surface area contributed by atoms with Gasteiger partial charge < -0.3 is 19.7 Å². The number of aryl methyl sites for hydroxylation is 1. The maximum Gasteiger partial charge on any atom is 0.264 e. The van der Waals surface area contributed by atoms with E-state index in [9.17, 15) is 9.59 Å². The highest BCUT2D eigenvalue weighted by Gasteiger charge is 2.28. The van der Waals surface area contributed by atoms with Gasteiger partial charge in [0.15, 0.2) is 0 Å². The summed E-state index contributed by atoms with van der Waals surface area (Å²) in [5.74, 6) is 0.938. The van der Waals surface area contributed by atoms with Gasteiger partial charge in [-0.05, 0) is 48.6 Å². The molecule has 4 rings (SSSR count). The second-order valence-corrected chi connectivity index (χ2v) is 8.61. The van der Waals surface area contributed by atoms with Crippen molar-refractivity contribution in [3.05, 3.63) is 51.2 Å². The van der Waals surface area contributed by atoms with Crippen LogP contribution >= 0.6 is 11.3 Å². The van der Waals surface area contributed by atoms with Crippen molar-refractivity contribution >= 4 is 23.2 Å². The summed E-state index contributed by atoms with van der Waals surface area (Å²) in [6.07, 6.45) is 2.39. The molecule has 2 heterocycles. The van der Waals surface area contributed by atoms with E-state index in [1.54, 1.807) is 18.4 Å². The Hall–Kier alpha value is -2.38. The molecule has 1 unspecified atom stereocenters. The third-order valence-corrected chi connectivity index (χ3v) is 6.81. The van der Waals surface area contributed by atoms with Gasteiger partial charge in [-0.25, -0.2) is 0 Å². The summed E-state index contributed by atoms with van der Waals surface area (Å²) in [5, 5.41) is 3.05. The minimum atomic E-state index is -0.0401. The van der Waals surface area contributed by atoms with Crippen LogP contribution in [0.5, 0.6) is 5.75 Å². The van der Waals surface area contributed by atoms with Gasteiger partial charge in [-0.2, -0.15) is 0 Å². The van der Waals surface area contributed by atoms with E-state index in [0.29, 0.717) is 39.3 Å². The average molecular weight is 415 g/mol. The van der Waals surface area contributed by atoms with E-state index in [1.807, 2.05) is 35.2 Å². The Labute approximate surface area is 174 Å². The smallest absolute Gasteiger partial charge is 0.264 e. The molecule has 154 valence electrons. The van der Waals surface area contributed by atoms with Gasteiger partial charge in [-0.1, -0.05) is 12.1 Å². The largest absolute Gasteiger partial charge is 0.497 e. The predicted octanol–water partition coefficient (Wildman–Crippen LogP) is 2.65. The number of fused-ring (bicyclic) bond motifs is 1. The summed E-state index contributed by atoms with van der Waals surface area (Å²) in [6, 6.07) is 9.71. The molecule has 1 atom stereocenters. The topological polar surface area (TPSA) is 67.9 Å². The summed E-state index contributed by atoms with van der Waals surface area (Å²) in [4.78, 5) is 29.3. The third-order valence-electron chi connectivity index (χ3n) is 5.59. The zero-order valence-corrected chi connectivity index (χ0v) is 17.4. The van der Waals surface area contributed by atoms with Crippen molar-refractivity contribution in [1.29, 1.82) is 0 Å². The number of nitrogens with zero attached hydrogens (tertiary/aromatic N) is 1. The third kappa shape index (κ3) is 4.62. The molecular weight excluding hydrogens is 388 g/mol. The van der Waals surface area contributed by atoms with E-state index in [1.165, 1.54) is 4.88 Å². The molecule has 29 heavy (non-hydrogen) atoms. The van der Waals surface area contributed by atoms with Crippen LogP contribution in [0, 0.1) is 5.92 Å². The number of rotatable bonds is 5. The van der Waals surface area contributed by atoms with Gasteiger partial charge in [-0.3, -0.25) is 9.59 Å². The molecule has 0 spiro atoms. The normalized spacial score (nSPS) is 18.8. The number of amides is 2. The maximum absolute atomic E-state index is 12.7. The molecule has 1 aromatic carbocycles. The van der Waals surface area contributed by atoms with E-state index in [4.69, 9.17) is 9.47 Å². The van der Waals surface area contributed by atoms with Gasteiger partial charge in [0.05, 0.1) is 25.2 Å². The molecule has 1 aliphatic heterocycles. The van der Waals surface area contributed by atoms with Crippen molar-refractivity contribution in [2.45, 2.75) is 25.8 Å². The zero-order chi connectivity index (χ0) is 20.2. The number of hydrogen-bond acceptors (Lipinski definition) is 5. The molecule has 2 aromatic rings. The van der Waals surface area contributed by atoms with Gasteiger partial charge >= 0.3 is 0 Å². The van der Waals surface area contributed by atoms with Crippen molar-refractivity contribution in [3.8, 4) is 5.75 Å². The fourth-order valence-electron chi connectivity index (χ4n) is 3.85. The lowest BCUT2D eigenvalue weighted by molar-refractivity contribution is -0.125. The lowest BCUT2D eigenvalue weighted by Crippen LogP contribution is -2.40. The Kier molecular flexibility index (Phi) is 6.16. The Balaban J connectivity index is 1.34. The molecule has 1 saturated heterocycles. The van der Waals surface area contributed by atoms with Crippen LogP contribution in [0.4, 0.5) is 0 Å². The van der Waals surface area contributed by atoms with Gasteiger partial charge in [0.2, 0.25) is 5.91 Å². The Bertz CT molecular complexity index is 871. The molecule has 0 radical (unpaired) electrons. The van der Waals surface area contributed by atoms with Crippen molar-refractivity contribution in [2.24, 2.45) is 5.92 Å². The molecule has 2 amide bonds. The first kappa shape index (κ1) is 19.9. The Morgan fingerprint density at radius 1 is 1.24 bits per heavy atom. The highest BCUT2D eigenvalue weighted by Crippen LogP contribution is 2.33. The highest BCUT2D eigenvalue weighted by molar-refractivity contribution is 7.14. The van der Waals surface area contributed by atoms with Crippen LogP contribution in [0.1, 0.15) is 32.1 Å². The summed E-state index contributed by atoms with van der Waals surface area (Å²) < 4.78 is 10.5. The van der Waals surface area contributed by atoms with Gasteiger partial charge in [0.1, 0.15) is 5.75 Å². The minimum absolute atomic E-state index is 0.0401. The van der Waals surface area contributed by atoms with Crippen LogP contribution in [-0.2, 0) is 28.9 Å². The van der Waals surface area contributed by atoms with Crippen LogP contribution in [0.15, 0.2) is 30.3 Å². The van der Waals surface area contributed by atoms with E-state index >= 15 is 0 Å². The monoisotopic (exact) mass is 414 g/mol. The van der Waals surface area contributed by atoms with Crippen LogP contribution in [-0.4, -0.2) is 50.1 Å². The van der Waals surface area contributed by atoms with Crippen LogP contribution in [0.3, 0.4) is 0 Å². The molecule has 7 heteroatoms. The quantitative estimate of drug-likeness (QED) is 0.817. The van der Waals surface area contributed by atoms with Gasteiger partial charge in [-0.15, -0.1) is 11.3 Å². The Morgan fingerprint density at radius 3 is 2.72 bits per heavy atom. The average Bonchev–Trinajstić information content (AvgIpc) is 3.21. The van der Waals surface area contributed by atoms with E-state index in [0.717, 1.165) is 34.6 Å². The molecule has 6 nitrogen and oxygen atoms in total. The molecule has 0 bridgehead atoms. The minimum Gasteiger partial charge on any atom is -0.497 e. The Morgan fingerprint density at radius 2 is 2.00 bits per heavy atom. The van der Waals surface area contributed by atoms with E-state index < -0.39 is 0 Å². The van der Waals surface area contributed by atoms with Crippen LogP contribution < -0.4 is 10.1 Å². The van der Waals surface area contributed by atoms with Crippen LogP contribution in [0.2, 0.25) is 0 Å². The number of morpholine rings is 1. The van der Waals surface area contributed by atoms with Crippen molar-refractivity contribution in [2.75, 3.05) is 33.4 Å². The standard InChI is InChI=1S/C22H26N2O4S/c1-27-18-5-2-15(3-6-18)14-23-21(25)16-4-7-19-17(12-16)13-20(29-19)22(26)24-8-10-28-11-9-24/h2-3,5-6,13,16H,4,7-12,14H2,1H3,(H,23,25). The van der Waals surface area contributed by atoms with Gasteiger partial charge in [0, 0.05) is 30.4 Å². The van der Waals surface area contributed by atoms with Crippen molar-refractivity contribution in [1.82, 2.24) is 10.2 Å². The summed E-state index contributed by atoms with van der Waals surface area (Å²) in [7, 11) is 1.64. The number of benzene rings is 1. The van der Waals surface area contributed by atoms with Crippen molar-refractivity contribution in [3.63, 3.8) is 0 Å². The number of carbonyl (C=O) groups excluding carboxylic acids is 2. The summed E-state index contributed by atoms with van der Waals surface area (Å²) >= 11 is 1.59. The molecular formula is C22H26N2O4S. The maximum atomic E-state index is 12.7. The fraction of sp³-hybridized carbons (Fsp3) is 0.455. The van der Waals surface area contributed by atoms with Gasteiger partial charge in [0.25, 0.3) is 5.91 Å². The first-order chi connectivity index (χ1) is 14.1. The van der Waals surface area contributed by atoms with E-state index in [2.05, 4.69) is 5.32 Å². The molecule has 1 fully saturated rings. The number of thiophene rings is 1. The van der Waals surface area contributed by atoms with Crippen molar-refractivity contribution < 1.29 is 19.1 Å². The molecule has 2 aliphatic rings. The summed E-state index contributed by atoms with van der Waals surface area (Å²) in [6.45, 7) is 3.02. The fourth-order valence-corrected chi connectivity index (χ4v) is 5.03. The first-order valence-corrected chi connectivity index (χ1v) is 10.8. The number of ether oxygens (including phenoxy) is 2. The highest BCUT2D eigenvalue weighted by atomic mass is 32.1. The molecule has 0 saturated carbocycles. The molecule has 1 N–H and O–H groups in total. The lowest BCUT2D eigenvalue weighted by Gasteiger charge is -2.26. The lowest BCUT2D eigenvalue weighted by atomic mass is 9.87. The number of hydrogen-bond donors (Lipinski definition) is 1. The predicted molar refractivity (Wildman–Crippen MR) is 111 cm³/mol. The second kappa shape index (κ2) is 8.97. The first-order valence-electron chi connectivity index (χ1n) is 10.0. The molecule has 1 aromatic heterocycles. The second-order valence-electron chi connectivity index (χ2n) is 7.47. The number of methoxy groups -OCH3 is 1. The summed E-state index contributed by atoms with van der Waals surface area (Å²) in [5.41, 5.74) is 2.20. The zero-order valence-electron chi connectivity index (χ0n) is 16.6. The number of nitrogens with one attached hydrogen (secondary N) is 1. The molecule has 1 aliphatic carbocycles.